The number of hydrogen-bond donors (Lipinski definition) is 2. The SMILES string of the molecule is O=C(c1ccc(NS(=O)(=O)c2ccccc2)cc1)N1CCN(C(=O)c2ccccc2O)CC1. The Morgan fingerprint density at radius 3 is 1.88 bits per heavy atom. The van der Waals surface area contributed by atoms with Crippen LogP contribution >= 0.6 is 0 Å². The molecule has 8 nitrogen and oxygen atoms in total. The summed E-state index contributed by atoms with van der Waals surface area (Å²) in [4.78, 5) is 28.9. The summed E-state index contributed by atoms with van der Waals surface area (Å²) in [5, 5.41) is 9.90. The molecule has 0 radical (unpaired) electrons. The number of sulfonamides is 1. The van der Waals surface area contributed by atoms with Crippen LogP contribution in [0.15, 0.2) is 83.8 Å². The molecular weight excluding hydrogens is 442 g/mol. The lowest BCUT2D eigenvalue weighted by Crippen LogP contribution is -2.50. The minimum atomic E-state index is -3.71. The maximum absolute atomic E-state index is 12.9. The number of hydrogen-bond acceptors (Lipinski definition) is 5. The number of benzene rings is 3. The normalized spacial score (nSPS) is 14.1. The Morgan fingerprint density at radius 1 is 0.727 bits per heavy atom. The number of nitrogens with one attached hydrogen (secondary N) is 1. The number of para-hydroxylation sites is 1. The van der Waals surface area contributed by atoms with Crippen LogP contribution in [-0.2, 0) is 10.0 Å². The lowest BCUT2D eigenvalue weighted by molar-refractivity contribution is 0.0533. The number of carbonyl (C=O) groups is 2. The highest BCUT2D eigenvalue weighted by molar-refractivity contribution is 7.92. The van der Waals surface area contributed by atoms with Gasteiger partial charge in [-0.15, -0.1) is 0 Å². The molecule has 1 saturated heterocycles. The van der Waals surface area contributed by atoms with Crippen LogP contribution in [0.4, 0.5) is 5.69 Å². The first-order valence-electron chi connectivity index (χ1n) is 10.4. The summed E-state index contributed by atoms with van der Waals surface area (Å²) in [5.41, 5.74) is 1.03. The van der Waals surface area contributed by atoms with Crippen molar-refractivity contribution < 1.29 is 23.1 Å². The van der Waals surface area contributed by atoms with Gasteiger partial charge >= 0.3 is 0 Å². The lowest BCUT2D eigenvalue weighted by atomic mass is 10.1. The molecule has 0 bridgehead atoms. The van der Waals surface area contributed by atoms with Gasteiger partial charge in [-0.25, -0.2) is 8.42 Å². The summed E-state index contributed by atoms with van der Waals surface area (Å²) in [7, 11) is -3.71. The van der Waals surface area contributed by atoms with Crippen molar-refractivity contribution in [2.45, 2.75) is 4.90 Å². The largest absolute Gasteiger partial charge is 0.507 e. The van der Waals surface area contributed by atoms with E-state index in [1.807, 2.05) is 0 Å². The third kappa shape index (κ3) is 4.98. The molecule has 2 amide bonds. The van der Waals surface area contributed by atoms with Crippen LogP contribution in [0.5, 0.6) is 5.75 Å². The summed E-state index contributed by atoms with van der Waals surface area (Å²) in [6.07, 6.45) is 0. The van der Waals surface area contributed by atoms with Gasteiger partial charge < -0.3 is 14.9 Å². The zero-order valence-electron chi connectivity index (χ0n) is 17.7. The second-order valence-corrected chi connectivity index (χ2v) is 9.28. The van der Waals surface area contributed by atoms with E-state index in [4.69, 9.17) is 0 Å². The van der Waals surface area contributed by atoms with Crippen LogP contribution in [0.2, 0.25) is 0 Å². The first-order chi connectivity index (χ1) is 15.8. The molecule has 33 heavy (non-hydrogen) atoms. The monoisotopic (exact) mass is 465 g/mol. The lowest BCUT2D eigenvalue weighted by Gasteiger charge is -2.35. The Balaban J connectivity index is 1.36. The van der Waals surface area contributed by atoms with Crippen LogP contribution in [-0.4, -0.2) is 61.3 Å². The average Bonchev–Trinajstić information content (AvgIpc) is 2.84. The van der Waals surface area contributed by atoms with Gasteiger partial charge in [0.15, 0.2) is 0 Å². The van der Waals surface area contributed by atoms with Gasteiger partial charge in [0.1, 0.15) is 5.75 Å². The number of phenols is 1. The van der Waals surface area contributed by atoms with Crippen LogP contribution in [0.3, 0.4) is 0 Å². The quantitative estimate of drug-likeness (QED) is 0.603. The third-order valence-electron chi connectivity index (χ3n) is 5.43. The van der Waals surface area contributed by atoms with Crippen molar-refractivity contribution in [3.8, 4) is 5.75 Å². The second-order valence-electron chi connectivity index (χ2n) is 7.60. The number of rotatable bonds is 5. The van der Waals surface area contributed by atoms with Gasteiger partial charge in [-0.05, 0) is 48.5 Å². The van der Waals surface area contributed by atoms with Gasteiger partial charge in [0.05, 0.1) is 10.5 Å². The highest BCUT2D eigenvalue weighted by Gasteiger charge is 2.26. The van der Waals surface area contributed by atoms with Gasteiger partial charge in [0.2, 0.25) is 0 Å². The molecule has 0 aromatic heterocycles. The summed E-state index contributed by atoms with van der Waals surface area (Å²) >= 11 is 0. The van der Waals surface area contributed by atoms with Gasteiger partial charge in [-0.2, -0.15) is 0 Å². The number of aromatic hydroxyl groups is 1. The first-order valence-corrected chi connectivity index (χ1v) is 11.9. The number of piperazine rings is 1. The fraction of sp³-hybridized carbons (Fsp3) is 0.167. The van der Waals surface area contributed by atoms with Crippen molar-refractivity contribution in [1.29, 1.82) is 0 Å². The predicted octanol–water partition coefficient (Wildman–Crippen LogP) is 2.79. The van der Waals surface area contributed by atoms with Crippen molar-refractivity contribution in [2.75, 3.05) is 30.9 Å². The maximum Gasteiger partial charge on any atom is 0.261 e. The van der Waals surface area contributed by atoms with Crippen LogP contribution < -0.4 is 4.72 Å². The third-order valence-corrected chi connectivity index (χ3v) is 6.82. The van der Waals surface area contributed by atoms with Crippen LogP contribution in [0, 0.1) is 0 Å². The van der Waals surface area contributed by atoms with E-state index in [9.17, 15) is 23.1 Å². The molecule has 1 aliphatic rings. The number of anilines is 1. The van der Waals surface area contributed by atoms with Crippen molar-refractivity contribution in [2.24, 2.45) is 0 Å². The van der Waals surface area contributed by atoms with Gasteiger partial charge in [0, 0.05) is 37.4 Å². The molecule has 1 fully saturated rings. The van der Waals surface area contributed by atoms with E-state index in [2.05, 4.69) is 4.72 Å². The molecule has 0 unspecified atom stereocenters. The Labute approximate surface area is 192 Å². The molecule has 9 heteroatoms. The van der Waals surface area contributed by atoms with Gasteiger partial charge in [-0.3, -0.25) is 14.3 Å². The molecule has 0 aliphatic carbocycles. The fourth-order valence-corrected chi connectivity index (χ4v) is 4.69. The molecule has 1 heterocycles. The molecule has 4 rings (SSSR count). The number of carbonyl (C=O) groups excluding carboxylic acids is 2. The van der Waals surface area contributed by atoms with E-state index < -0.39 is 10.0 Å². The highest BCUT2D eigenvalue weighted by Crippen LogP contribution is 2.20. The minimum absolute atomic E-state index is 0.0658. The number of phenolic OH excluding ortho intramolecular Hbond substituents is 1. The van der Waals surface area contributed by atoms with E-state index in [0.29, 0.717) is 37.4 Å². The second kappa shape index (κ2) is 9.33. The van der Waals surface area contributed by atoms with Crippen molar-refractivity contribution in [1.82, 2.24) is 9.80 Å². The Kier molecular flexibility index (Phi) is 6.32. The van der Waals surface area contributed by atoms with Crippen LogP contribution in [0.25, 0.3) is 0 Å². The smallest absolute Gasteiger partial charge is 0.261 e. The zero-order valence-corrected chi connectivity index (χ0v) is 18.5. The fourth-order valence-electron chi connectivity index (χ4n) is 3.61. The van der Waals surface area contributed by atoms with Gasteiger partial charge in [0.25, 0.3) is 21.8 Å². The summed E-state index contributed by atoms with van der Waals surface area (Å²) in [6, 6.07) is 20.7. The number of amides is 2. The summed E-state index contributed by atoms with van der Waals surface area (Å²) in [5.74, 6) is -0.527. The molecule has 170 valence electrons. The van der Waals surface area contributed by atoms with Crippen molar-refractivity contribution in [3.63, 3.8) is 0 Å². The molecule has 3 aromatic rings. The minimum Gasteiger partial charge on any atom is -0.507 e. The van der Waals surface area contributed by atoms with E-state index in [-0.39, 0.29) is 28.0 Å². The van der Waals surface area contributed by atoms with E-state index in [1.54, 1.807) is 70.5 Å². The molecule has 3 aromatic carbocycles. The van der Waals surface area contributed by atoms with E-state index in [0.717, 1.165) is 0 Å². The Morgan fingerprint density at radius 2 is 1.27 bits per heavy atom. The summed E-state index contributed by atoms with van der Waals surface area (Å²) in [6.45, 7) is 1.43. The topological polar surface area (TPSA) is 107 Å². The van der Waals surface area contributed by atoms with E-state index >= 15 is 0 Å². The van der Waals surface area contributed by atoms with Crippen molar-refractivity contribution in [3.05, 3.63) is 90.0 Å². The molecule has 2 N–H and O–H groups in total. The Bertz CT molecular complexity index is 1250. The van der Waals surface area contributed by atoms with E-state index in [1.165, 1.54) is 18.2 Å². The number of nitrogens with zero attached hydrogens (tertiary/aromatic N) is 2. The molecule has 1 aliphatic heterocycles. The van der Waals surface area contributed by atoms with Crippen molar-refractivity contribution >= 4 is 27.5 Å². The first kappa shape index (κ1) is 22.3. The molecule has 0 atom stereocenters. The van der Waals surface area contributed by atoms with Gasteiger partial charge in [-0.1, -0.05) is 30.3 Å². The summed E-state index contributed by atoms with van der Waals surface area (Å²) < 4.78 is 27.4. The molecular formula is C24H23N3O5S. The average molecular weight is 466 g/mol. The Hall–Kier alpha value is -3.85. The standard InChI is InChI=1S/C24H23N3O5S/c28-22-9-5-4-8-21(22)24(30)27-16-14-26(15-17-27)23(29)18-10-12-19(13-11-18)25-33(31,32)20-6-2-1-3-7-20/h1-13,25,28H,14-17H2. The van der Waals surface area contributed by atoms with Crippen LogP contribution in [0.1, 0.15) is 20.7 Å². The highest BCUT2D eigenvalue weighted by atomic mass is 32.2. The molecule has 0 spiro atoms. The zero-order chi connectivity index (χ0) is 23.4. The predicted molar refractivity (Wildman–Crippen MR) is 124 cm³/mol. The maximum atomic E-state index is 12.9. The molecule has 0 saturated carbocycles.